The summed E-state index contributed by atoms with van der Waals surface area (Å²) < 4.78 is 41.7. The second kappa shape index (κ2) is 7.14. The lowest BCUT2D eigenvalue weighted by Gasteiger charge is -2.13. The Labute approximate surface area is 146 Å². The summed E-state index contributed by atoms with van der Waals surface area (Å²) in [7, 11) is 1.45. The van der Waals surface area contributed by atoms with Gasteiger partial charge in [0, 0.05) is 11.1 Å². The smallest absolute Gasteiger partial charge is 0.399 e. The summed E-state index contributed by atoms with van der Waals surface area (Å²) in [6.45, 7) is 0. The van der Waals surface area contributed by atoms with E-state index in [2.05, 4.69) is 25.1 Å². The maximum absolute atomic E-state index is 12.5. The zero-order valence-corrected chi connectivity index (χ0v) is 13.7. The molecule has 1 aromatic carbocycles. The van der Waals surface area contributed by atoms with Gasteiger partial charge in [0.15, 0.2) is 0 Å². The zero-order valence-electron chi connectivity index (χ0n) is 13.7. The van der Waals surface area contributed by atoms with Gasteiger partial charge >= 0.3 is 12.1 Å². The Morgan fingerprint density at radius 2 is 2.08 bits per heavy atom. The average molecular weight is 368 g/mol. The van der Waals surface area contributed by atoms with Crippen molar-refractivity contribution in [2.45, 2.75) is 31.5 Å². The minimum Gasteiger partial charge on any atom is -0.399 e. The zero-order chi connectivity index (χ0) is 18.7. The summed E-state index contributed by atoms with van der Waals surface area (Å²) >= 11 is 0. The summed E-state index contributed by atoms with van der Waals surface area (Å²) in [4.78, 5) is 20.4. The first kappa shape index (κ1) is 17.9. The molecule has 2 aromatic rings. The molecular weight excluding hydrogens is 353 g/mol. The lowest BCUT2D eigenvalue weighted by atomic mass is 10.1. The highest BCUT2D eigenvalue weighted by Crippen LogP contribution is 2.29. The van der Waals surface area contributed by atoms with Crippen LogP contribution in [-0.4, -0.2) is 34.9 Å². The van der Waals surface area contributed by atoms with E-state index in [0.29, 0.717) is 11.1 Å². The largest absolute Gasteiger partial charge is 0.471 e. The lowest BCUT2D eigenvalue weighted by Crippen LogP contribution is -2.37. The highest BCUT2D eigenvalue weighted by molar-refractivity contribution is 6.00. The number of alkyl halides is 3. The number of aromatic nitrogens is 2. The molecule has 1 N–H and O–H groups in total. The molecule has 1 unspecified atom stereocenters. The minimum absolute atomic E-state index is 0.186. The molecule has 26 heavy (non-hydrogen) atoms. The lowest BCUT2D eigenvalue weighted by molar-refractivity contribution is -0.159. The van der Waals surface area contributed by atoms with Crippen molar-refractivity contribution in [3.63, 3.8) is 0 Å². The van der Waals surface area contributed by atoms with Gasteiger partial charge in [0.1, 0.15) is 7.11 Å². The number of rotatable bonds is 4. The Hall–Kier alpha value is -2.91. The molecule has 1 aliphatic rings. The number of amides is 1. The van der Waals surface area contributed by atoms with E-state index in [4.69, 9.17) is 4.84 Å². The van der Waals surface area contributed by atoms with Gasteiger partial charge in [0.05, 0.1) is 11.8 Å². The first-order valence-corrected chi connectivity index (χ1v) is 7.80. The third-order valence-corrected chi connectivity index (χ3v) is 3.92. The van der Waals surface area contributed by atoms with Crippen molar-refractivity contribution >= 4 is 11.6 Å². The van der Waals surface area contributed by atoms with Crippen LogP contribution in [-0.2, 0) is 11.0 Å². The Balaban J connectivity index is 1.70. The Kier molecular flexibility index (Phi) is 4.92. The standard InChI is InChI=1S/C16H15F3N4O3/c1-25-22-12-4-2-3-11(12)20-14(24)10-7-5-9(6-8-10)13-21-15(26-23-13)16(17,18)19/h5-8,11H,2-4H2,1H3,(H,20,24)/b22-12+. The number of nitrogens with zero attached hydrogens (tertiary/aromatic N) is 3. The maximum Gasteiger partial charge on any atom is 0.471 e. The van der Waals surface area contributed by atoms with Gasteiger partial charge in [-0.3, -0.25) is 4.79 Å². The van der Waals surface area contributed by atoms with Crippen LogP contribution in [0.1, 0.15) is 35.5 Å². The molecule has 138 valence electrons. The monoisotopic (exact) mass is 368 g/mol. The van der Waals surface area contributed by atoms with Gasteiger partial charge in [0.2, 0.25) is 5.82 Å². The van der Waals surface area contributed by atoms with Gasteiger partial charge in [-0.15, -0.1) is 0 Å². The fourth-order valence-corrected chi connectivity index (χ4v) is 2.68. The number of nitrogens with one attached hydrogen (secondary N) is 1. The number of hydrogen-bond donors (Lipinski definition) is 1. The Morgan fingerprint density at radius 3 is 2.69 bits per heavy atom. The second-order valence-corrected chi connectivity index (χ2v) is 5.68. The average Bonchev–Trinajstić information content (AvgIpc) is 3.25. The van der Waals surface area contributed by atoms with Crippen LogP contribution < -0.4 is 5.32 Å². The fraction of sp³-hybridized carbons (Fsp3) is 0.375. The molecule has 0 aliphatic heterocycles. The van der Waals surface area contributed by atoms with Crippen LogP contribution in [0.5, 0.6) is 0 Å². The maximum atomic E-state index is 12.5. The van der Waals surface area contributed by atoms with Crippen LogP contribution in [0.25, 0.3) is 11.4 Å². The summed E-state index contributed by atoms with van der Waals surface area (Å²) in [5, 5.41) is 10.1. The summed E-state index contributed by atoms with van der Waals surface area (Å²) in [6.07, 6.45) is -2.26. The molecule has 1 atom stereocenters. The van der Waals surface area contributed by atoms with Crippen LogP contribution in [0.15, 0.2) is 33.9 Å². The molecule has 0 radical (unpaired) electrons. The molecule has 0 bridgehead atoms. The van der Waals surface area contributed by atoms with Crippen LogP contribution in [0.2, 0.25) is 0 Å². The number of benzene rings is 1. The molecule has 1 aliphatic carbocycles. The third kappa shape index (κ3) is 3.84. The van der Waals surface area contributed by atoms with Gasteiger partial charge in [0.25, 0.3) is 5.91 Å². The Bertz CT molecular complexity index is 815. The van der Waals surface area contributed by atoms with E-state index in [1.165, 1.54) is 31.4 Å². The minimum atomic E-state index is -4.70. The number of carbonyl (C=O) groups is 1. The number of halogens is 3. The predicted molar refractivity (Wildman–Crippen MR) is 84.3 cm³/mol. The number of carbonyl (C=O) groups excluding carboxylic acids is 1. The SMILES string of the molecule is CO/N=C1\CCCC1NC(=O)c1ccc(-c2noc(C(F)(F)F)n2)cc1. The van der Waals surface area contributed by atoms with Crippen molar-refractivity contribution in [3.05, 3.63) is 35.7 Å². The van der Waals surface area contributed by atoms with Crippen molar-refractivity contribution in [2.24, 2.45) is 5.16 Å². The van der Waals surface area contributed by atoms with Crippen LogP contribution in [0, 0.1) is 0 Å². The van der Waals surface area contributed by atoms with E-state index in [0.717, 1.165) is 25.0 Å². The van der Waals surface area contributed by atoms with Crippen LogP contribution in [0.4, 0.5) is 13.2 Å². The van der Waals surface area contributed by atoms with E-state index < -0.39 is 12.1 Å². The summed E-state index contributed by atoms with van der Waals surface area (Å²) in [5.41, 5.74) is 1.45. The normalized spacial score (nSPS) is 18.9. The molecule has 0 saturated heterocycles. The van der Waals surface area contributed by atoms with E-state index in [-0.39, 0.29) is 17.8 Å². The molecule has 10 heteroatoms. The van der Waals surface area contributed by atoms with Crippen molar-refractivity contribution < 1.29 is 27.3 Å². The number of oxime groups is 1. The molecule has 1 saturated carbocycles. The van der Waals surface area contributed by atoms with Crippen molar-refractivity contribution in [3.8, 4) is 11.4 Å². The Morgan fingerprint density at radius 1 is 1.35 bits per heavy atom. The van der Waals surface area contributed by atoms with Crippen LogP contribution >= 0.6 is 0 Å². The van der Waals surface area contributed by atoms with Gasteiger partial charge in [-0.25, -0.2) is 0 Å². The molecular formula is C16H15F3N4O3. The first-order valence-electron chi connectivity index (χ1n) is 7.80. The van der Waals surface area contributed by atoms with Gasteiger partial charge < -0.3 is 14.7 Å². The van der Waals surface area contributed by atoms with E-state index in [1.54, 1.807) is 0 Å². The molecule has 1 aromatic heterocycles. The van der Waals surface area contributed by atoms with Gasteiger partial charge in [-0.05, 0) is 31.4 Å². The van der Waals surface area contributed by atoms with Crippen LogP contribution in [0.3, 0.4) is 0 Å². The second-order valence-electron chi connectivity index (χ2n) is 5.68. The predicted octanol–water partition coefficient (Wildman–Crippen LogP) is 3.04. The topological polar surface area (TPSA) is 89.6 Å². The van der Waals surface area contributed by atoms with Gasteiger partial charge in [-0.1, -0.05) is 22.4 Å². The highest BCUT2D eigenvalue weighted by Gasteiger charge is 2.38. The van der Waals surface area contributed by atoms with E-state index in [9.17, 15) is 18.0 Å². The first-order chi connectivity index (χ1) is 12.4. The molecule has 7 nitrogen and oxygen atoms in total. The third-order valence-electron chi connectivity index (χ3n) is 3.92. The molecule has 1 fully saturated rings. The quantitative estimate of drug-likeness (QED) is 0.838. The highest BCUT2D eigenvalue weighted by atomic mass is 19.4. The van der Waals surface area contributed by atoms with E-state index in [1.807, 2.05) is 0 Å². The van der Waals surface area contributed by atoms with Crippen molar-refractivity contribution in [1.82, 2.24) is 15.5 Å². The van der Waals surface area contributed by atoms with E-state index >= 15 is 0 Å². The number of hydrogen-bond acceptors (Lipinski definition) is 6. The van der Waals surface area contributed by atoms with Crippen molar-refractivity contribution in [2.75, 3.05) is 7.11 Å². The summed E-state index contributed by atoms with van der Waals surface area (Å²) in [6, 6.07) is 5.69. The molecule has 3 rings (SSSR count). The molecule has 1 amide bonds. The summed E-state index contributed by atoms with van der Waals surface area (Å²) in [5.74, 6) is -1.92. The fourth-order valence-electron chi connectivity index (χ4n) is 2.68. The molecule has 0 spiro atoms. The molecule has 1 heterocycles. The van der Waals surface area contributed by atoms with Gasteiger partial charge in [-0.2, -0.15) is 18.2 Å². The van der Waals surface area contributed by atoms with Crippen molar-refractivity contribution in [1.29, 1.82) is 0 Å².